The van der Waals surface area contributed by atoms with Crippen LogP contribution in [0, 0.1) is 5.92 Å². The zero-order valence-corrected chi connectivity index (χ0v) is 11.9. The molecule has 21 heavy (non-hydrogen) atoms. The molecule has 5 heteroatoms. The number of carbonyl (C=O) groups excluding carboxylic acids is 1. The number of hydrogen-bond donors (Lipinski definition) is 0. The van der Waals surface area contributed by atoms with E-state index in [9.17, 15) is 4.79 Å². The van der Waals surface area contributed by atoms with Crippen LogP contribution in [0.1, 0.15) is 19.7 Å². The molecule has 0 spiro atoms. The summed E-state index contributed by atoms with van der Waals surface area (Å²) in [6.07, 6.45) is 0.165. The molecule has 1 aromatic carbocycles. The molecule has 2 heterocycles. The first-order chi connectivity index (χ1) is 10.1. The molecule has 0 saturated heterocycles. The summed E-state index contributed by atoms with van der Waals surface area (Å²) in [5, 5.41) is 4.96. The summed E-state index contributed by atoms with van der Waals surface area (Å²) in [6, 6.07) is 11.6. The van der Waals surface area contributed by atoms with Crippen LogP contribution >= 0.6 is 0 Å². The van der Waals surface area contributed by atoms with Gasteiger partial charge in [-0.25, -0.2) is 4.98 Å². The number of Topliss-reactive ketones (excluding diaryl/α,β-unsaturated/α-hetero) is 1. The molecule has 0 atom stereocenters. The van der Waals surface area contributed by atoms with E-state index in [1.165, 1.54) is 0 Å². The highest BCUT2D eigenvalue weighted by Crippen LogP contribution is 2.18. The van der Waals surface area contributed by atoms with Gasteiger partial charge in [-0.1, -0.05) is 43.3 Å². The Morgan fingerprint density at radius 1 is 1.14 bits per heavy atom. The van der Waals surface area contributed by atoms with Gasteiger partial charge in [-0.15, -0.1) is 0 Å². The number of nitrogens with zero attached hydrogens (tertiary/aromatic N) is 3. The third kappa shape index (κ3) is 2.81. The van der Waals surface area contributed by atoms with Crippen LogP contribution in [0.2, 0.25) is 0 Å². The molecule has 0 unspecified atom stereocenters. The molecule has 0 aliphatic heterocycles. The molecule has 0 amide bonds. The molecule has 0 radical (unpaired) electrons. The number of ketones is 1. The van der Waals surface area contributed by atoms with Gasteiger partial charge in [0.1, 0.15) is 11.5 Å². The molecule has 0 aliphatic rings. The summed E-state index contributed by atoms with van der Waals surface area (Å²) in [6.45, 7) is 3.70. The van der Waals surface area contributed by atoms with Gasteiger partial charge in [0.25, 0.3) is 0 Å². The van der Waals surface area contributed by atoms with Crippen molar-refractivity contribution in [2.45, 2.75) is 20.3 Å². The van der Waals surface area contributed by atoms with E-state index in [2.05, 4.69) is 15.1 Å². The number of aromatic nitrogens is 3. The molecule has 3 aromatic rings. The van der Waals surface area contributed by atoms with Gasteiger partial charge >= 0.3 is 0 Å². The zero-order valence-electron chi connectivity index (χ0n) is 11.9. The van der Waals surface area contributed by atoms with E-state index in [4.69, 9.17) is 4.52 Å². The lowest BCUT2D eigenvalue weighted by Crippen LogP contribution is -2.10. The number of benzene rings is 1. The van der Waals surface area contributed by atoms with Crippen LogP contribution in [-0.4, -0.2) is 20.9 Å². The number of hydrogen-bond acceptors (Lipinski definition) is 5. The van der Waals surface area contributed by atoms with Crippen LogP contribution in [-0.2, 0) is 11.2 Å². The fourth-order valence-corrected chi connectivity index (χ4v) is 1.97. The second kappa shape index (κ2) is 5.44. The van der Waals surface area contributed by atoms with Gasteiger partial charge in [0.2, 0.25) is 11.7 Å². The monoisotopic (exact) mass is 281 g/mol. The van der Waals surface area contributed by atoms with Crippen LogP contribution in [0.4, 0.5) is 0 Å². The topological polar surface area (TPSA) is 68.9 Å². The van der Waals surface area contributed by atoms with Crippen molar-refractivity contribution in [1.29, 1.82) is 0 Å². The smallest absolute Gasteiger partial charge is 0.234 e. The number of fused-ring (bicyclic) bond motifs is 1. The van der Waals surface area contributed by atoms with Crippen LogP contribution in [0.15, 0.2) is 40.9 Å². The molecule has 0 saturated carbocycles. The summed E-state index contributed by atoms with van der Waals surface area (Å²) in [4.78, 5) is 20.4. The summed E-state index contributed by atoms with van der Waals surface area (Å²) >= 11 is 0. The third-order valence-electron chi connectivity index (χ3n) is 3.27. The van der Waals surface area contributed by atoms with Gasteiger partial charge in [0, 0.05) is 11.3 Å². The number of pyridine rings is 1. The maximum absolute atomic E-state index is 11.7. The van der Waals surface area contributed by atoms with E-state index in [1.54, 1.807) is 0 Å². The molecular weight excluding hydrogens is 266 g/mol. The van der Waals surface area contributed by atoms with Crippen molar-refractivity contribution in [3.8, 4) is 11.5 Å². The first-order valence-electron chi connectivity index (χ1n) is 6.85. The van der Waals surface area contributed by atoms with Gasteiger partial charge in [-0.2, -0.15) is 4.98 Å². The van der Waals surface area contributed by atoms with Gasteiger partial charge < -0.3 is 4.52 Å². The Bertz CT molecular complexity index is 793. The molecule has 106 valence electrons. The van der Waals surface area contributed by atoms with Gasteiger partial charge in [0.05, 0.1) is 11.9 Å². The standard InChI is InChI=1S/C16H15N3O2/c1-10(2)14(20)9-15-18-16(19-21-15)13-8-7-11-5-3-4-6-12(11)17-13/h3-8,10H,9H2,1-2H3. The molecule has 0 bridgehead atoms. The van der Waals surface area contributed by atoms with E-state index in [0.717, 1.165) is 10.9 Å². The highest BCUT2D eigenvalue weighted by molar-refractivity contribution is 5.82. The first-order valence-corrected chi connectivity index (χ1v) is 6.85. The van der Waals surface area contributed by atoms with E-state index >= 15 is 0 Å². The minimum absolute atomic E-state index is 0.0425. The van der Waals surface area contributed by atoms with Gasteiger partial charge in [-0.05, 0) is 12.1 Å². The van der Waals surface area contributed by atoms with Crippen LogP contribution in [0.3, 0.4) is 0 Å². The second-order valence-electron chi connectivity index (χ2n) is 5.20. The Morgan fingerprint density at radius 2 is 1.95 bits per heavy atom. The van der Waals surface area contributed by atoms with Crippen LogP contribution in [0.5, 0.6) is 0 Å². The van der Waals surface area contributed by atoms with Gasteiger partial charge in [0.15, 0.2) is 0 Å². The fourth-order valence-electron chi connectivity index (χ4n) is 1.97. The fraction of sp³-hybridized carbons (Fsp3) is 0.250. The maximum Gasteiger partial charge on any atom is 0.234 e. The molecule has 5 nitrogen and oxygen atoms in total. The SMILES string of the molecule is CC(C)C(=O)Cc1nc(-c2ccc3ccccc3n2)no1. The molecule has 3 rings (SSSR count). The zero-order chi connectivity index (χ0) is 14.8. The Morgan fingerprint density at radius 3 is 2.76 bits per heavy atom. The lowest BCUT2D eigenvalue weighted by Gasteiger charge is -1.99. The van der Waals surface area contributed by atoms with Crippen molar-refractivity contribution in [2.75, 3.05) is 0 Å². The van der Waals surface area contributed by atoms with E-state index in [-0.39, 0.29) is 18.1 Å². The summed E-state index contributed by atoms with van der Waals surface area (Å²) in [5.41, 5.74) is 1.51. The average Bonchev–Trinajstić information content (AvgIpc) is 2.95. The number of rotatable bonds is 4. The highest BCUT2D eigenvalue weighted by atomic mass is 16.5. The van der Waals surface area contributed by atoms with E-state index in [1.807, 2.05) is 50.2 Å². The minimum Gasteiger partial charge on any atom is -0.338 e. The Labute approximate surface area is 122 Å². The van der Waals surface area contributed by atoms with E-state index < -0.39 is 0 Å². The summed E-state index contributed by atoms with van der Waals surface area (Å²) in [5.74, 6) is 0.779. The number of carbonyl (C=O) groups is 1. The second-order valence-corrected chi connectivity index (χ2v) is 5.20. The van der Waals surface area contributed by atoms with Crippen molar-refractivity contribution in [3.63, 3.8) is 0 Å². The van der Waals surface area contributed by atoms with Crippen molar-refractivity contribution in [1.82, 2.24) is 15.1 Å². The predicted octanol–water partition coefficient (Wildman–Crippen LogP) is 3.05. The van der Waals surface area contributed by atoms with Crippen molar-refractivity contribution < 1.29 is 9.32 Å². The largest absolute Gasteiger partial charge is 0.338 e. The third-order valence-corrected chi connectivity index (χ3v) is 3.27. The van der Waals surface area contributed by atoms with E-state index in [0.29, 0.717) is 17.4 Å². The Hall–Kier alpha value is -2.56. The summed E-state index contributed by atoms with van der Waals surface area (Å²) in [7, 11) is 0. The van der Waals surface area contributed by atoms with Crippen LogP contribution in [0.25, 0.3) is 22.4 Å². The normalized spacial score (nSPS) is 11.2. The average molecular weight is 281 g/mol. The Kier molecular flexibility index (Phi) is 3.48. The molecule has 0 N–H and O–H groups in total. The molecular formula is C16H15N3O2. The maximum atomic E-state index is 11.7. The van der Waals surface area contributed by atoms with Crippen LogP contribution < -0.4 is 0 Å². The summed E-state index contributed by atoms with van der Waals surface area (Å²) < 4.78 is 5.13. The molecule has 0 aliphatic carbocycles. The number of para-hydroxylation sites is 1. The van der Waals surface area contributed by atoms with Crippen molar-refractivity contribution in [2.24, 2.45) is 5.92 Å². The molecule has 2 aromatic heterocycles. The first kappa shape index (κ1) is 13.4. The lowest BCUT2D eigenvalue weighted by atomic mass is 10.1. The Balaban J connectivity index is 1.89. The van der Waals surface area contributed by atoms with Crippen molar-refractivity contribution >= 4 is 16.7 Å². The predicted molar refractivity (Wildman–Crippen MR) is 78.6 cm³/mol. The molecule has 0 fully saturated rings. The van der Waals surface area contributed by atoms with Gasteiger partial charge in [-0.3, -0.25) is 4.79 Å². The lowest BCUT2D eigenvalue weighted by molar-refractivity contribution is -0.121. The minimum atomic E-state index is -0.0425. The quantitative estimate of drug-likeness (QED) is 0.735. The van der Waals surface area contributed by atoms with Crippen molar-refractivity contribution in [3.05, 3.63) is 42.3 Å². The highest BCUT2D eigenvalue weighted by Gasteiger charge is 2.15.